The summed E-state index contributed by atoms with van der Waals surface area (Å²) in [6.07, 6.45) is 0. The highest BCUT2D eigenvalue weighted by molar-refractivity contribution is 7.09. The first kappa shape index (κ1) is 14.6. The van der Waals surface area contributed by atoms with E-state index in [4.69, 9.17) is 0 Å². The van der Waals surface area contributed by atoms with Gasteiger partial charge in [-0.1, -0.05) is 13.8 Å². The Morgan fingerprint density at radius 1 is 1.35 bits per heavy atom. The van der Waals surface area contributed by atoms with Crippen LogP contribution in [-0.4, -0.2) is 36.6 Å². The Morgan fingerprint density at radius 2 is 2.00 bits per heavy atom. The summed E-state index contributed by atoms with van der Waals surface area (Å²) in [4.78, 5) is 6.78. The van der Waals surface area contributed by atoms with Gasteiger partial charge in [0, 0.05) is 24.0 Å². The van der Waals surface area contributed by atoms with Gasteiger partial charge in [0.15, 0.2) is 0 Å². The molecule has 1 N–H and O–H groups in total. The predicted molar refractivity (Wildman–Crippen MR) is 75.6 cm³/mol. The second kappa shape index (κ2) is 6.47. The van der Waals surface area contributed by atoms with E-state index in [-0.39, 0.29) is 0 Å². The highest BCUT2D eigenvalue weighted by Gasteiger charge is 2.18. The van der Waals surface area contributed by atoms with Gasteiger partial charge < -0.3 is 10.2 Å². The molecule has 4 heteroatoms. The first-order chi connectivity index (χ1) is 7.90. The molecule has 3 nitrogen and oxygen atoms in total. The minimum absolute atomic E-state index is 0.326. The molecule has 1 aromatic rings. The molecule has 1 aromatic heterocycles. The molecule has 0 amide bonds. The number of likely N-dealkylation sites (N-methyl/N-ethyl adjacent to an activating group) is 1. The molecular weight excluding hydrogens is 230 g/mol. The minimum atomic E-state index is 0.326. The highest BCUT2D eigenvalue weighted by Crippen LogP contribution is 2.17. The van der Waals surface area contributed by atoms with Crippen LogP contribution in [0.1, 0.15) is 37.5 Å². The van der Waals surface area contributed by atoms with E-state index < -0.39 is 0 Å². The van der Waals surface area contributed by atoms with E-state index in [0.29, 0.717) is 18.0 Å². The topological polar surface area (TPSA) is 28.2 Å². The Bertz CT molecular complexity index is 333. The van der Waals surface area contributed by atoms with E-state index >= 15 is 0 Å². The number of aryl methyl sites for hydroxylation is 1. The fraction of sp³-hybridized carbons (Fsp3) is 0.769. The van der Waals surface area contributed by atoms with Crippen molar-refractivity contribution in [3.63, 3.8) is 0 Å². The van der Waals surface area contributed by atoms with Gasteiger partial charge in [-0.2, -0.15) is 0 Å². The molecule has 0 radical (unpaired) electrons. The number of nitrogens with one attached hydrogen (secondary N) is 1. The molecule has 0 saturated carbocycles. The van der Waals surface area contributed by atoms with Gasteiger partial charge in [-0.05, 0) is 33.9 Å². The number of aromatic nitrogens is 1. The van der Waals surface area contributed by atoms with E-state index in [0.717, 1.165) is 17.2 Å². The lowest BCUT2D eigenvalue weighted by atomic mass is 10.0. The standard InChI is InChI=1S/C13H25N3S/c1-9(2)12(7-16(5)6)14-10(3)13-8-17-11(4)15-13/h8-10,12,14H,7H2,1-6H3. The summed E-state index contributed by atoms with van der Waals surface area (Å²) < 4.78 is 0. The monoisotopic (exact) mass is 255 g/mol. The van der Waals surface area contributed by atoms with Crippen molar-refractivity contribution in [2.75, 3.05) is 20.6 Å². The number of hydrogen-bond acceptors (Lipinski definition) is 4. The smallest absolute Gasteiger partial charge is 0.0898 e. The van der Waals surface area contributed by atoms with E-state index in [9.17, 15) is 0 Å². The molecular formula is C13H25N3S. The average molecular weight is 255 g/mol. The maximum atomic E-state index is 4.54. The quantitative estimate of drug-likeness (QED) is 0.847. The molecule has 2 unspecified atom stereocenters. The number of nitrogens with zero attached hydrogens (tertiary/aromatic N) is 2. The van der Waals surface area contributed by atoms with Crippen molar-refractivity contribution in [1.82, 2.24) is 15.2 Å². The second-order valence-corrected chi connectivity index (χ2v) is 6.35. The van der Waals surface area contributed by atoms with Crippen LogP contribution in [0.4, 0.5) is 0 Å². The van der Waals surface area contributed by atoms with Crippen molar-refractivity contribution in [3.8, 4) is 0 Å². The normalized spacial score (nSPS) is 15.5. The molecule has 0 aliphatic carbocycles. The van der Waals surface area contributed by atoms with Crippen molar-refractivity contribution < 1.29 is 0 Å². The van der Waals surface area contributed by atoms with Crippen LogP contribution in [0, 0.1) is 12.8 Å². The van der Waals surface area contributed by atoms with Crippen molar-refractivity contribution in [2.45, 2.75) is 39.8 Å². The Labute approximate surface area is 109 Å². The zero-order chi connectivity index (χ0) is 13.0. The molecule has 1 rings (SSSR count). The third-order valence-electron chi connectivity index (χ3n) is 2.91. The van der Waals surface area contributed by atoms with Crippen LogP contribution in [0.3, 0.4) is 0 Å². The second-order valence-electron chi connectivity index (χ2n) is 5.29. The van der Waals surface area contributed by atoms with Gasteiger partial charge in [-0.25, -0.2) is 4.98 Å². The van der Waals surface area contributed by atoms with Crippen molar-refractivity contribution >= 4 is 11.3 Å². The summed E-state index contributed by atoms with van der Waals surface area (Å²) in [6, 6.07) is 0.828. The lowest BCUT2D eigenvalue weighted by Gasteiger charge is -2.28. The van der Waals surface area contributed by atoms with E-state index in [1.807, 2.05) is 0 Å². The van der Waals surface area contributed by atoms with Gasteiger partial charge in [-0.3, -0.25) is 0 Å². The molecule has 0 aromatic carbocycles. The van der Waals surface area contributed by atoms with Crippen molar-refractivity contribution in [3.05, 3.63) is 16.1 Å². The van der Waals surface area contributed by atoms with Gasteiger partial charge in [0.2, 0.25) is 0 Å². The minimum Gasteiger partial charge on any atom is -0.308 e. The molecule has 17 heavy (non-hydrogen) atoms. The molecule has 98 valence electrons. The highest BCUT2D eigenvalue weighted by atomic mass is 32.1. The maximum absolute atomic E-state index is 4.54. The molecule has 0 spiro atoms. The molecule has 0 bridgehead atoms. The molecule has 1 heterocycles. The fourth-order valence-electron chi connectivity index (χ4n) is 1.83. The van der Waals surface area contributed by atoms with Crippen molar-refractivity contribution in [2.24, 2.45) is 5.92 Å². The maximum Gasteiger partial charge on any atom is 0.0898 e. The third kappa shape index (κ3) is 4.74. The van der Waals surface area contributed by atoms with Gasteiger partial charge in [0.25, 0.3) is 0 Å². The van der Waals surface area contributed by atoms with Gasteiger partial charge in [0.05, 0.1) is 10.7 Å². The summed E-state index contributed by atoms with van der Waals surface area (Å²) in [6.45, 7) is 9.84. The summed E-state index contributed by atoms with van der Waals surface area (Å²) in [7, 11) is 4.24. The Hall–Kier alpha value is -0.450. The molecule has 2 atom stereocenters. The van der Waals surface area contributed by atoms with Gasteiger partial charge in [0.1, 0.15) is 0 Å². The van der Waals surface area contributed by atoms with E-state index in [1.165, 1.54) is 0 Å². The predicted octanol–water partition coefficient (Wildman–Crippen LogP) is 2.69. The van der Waals surface area contributed by atoms with Crippen LogP contribution in [0.25, 0.3) is 0 Å². The largest absolute Gasteiger partial charge is 0.308 e. The van der Waals surface area contributed by atoms with Crippen molar-refractivity contribution in [1.29, 1.82) is 0 Å². The summed E-state index contributed by atoms with van der Waals surface area (Å²) in [5, 5.41) is 6.97. The molecule has 0 fully saturated rings. The zero-order valence-electron chi connectivity index (χ0n) is 11.8. The lowest BCUT2D eigenvalue weighted by Crippen LogP contribution is -2.43. The van der Waals surface area contributed by atoms with Gasteiger partial charge >= 0.3 is 0 Å². The summed E-state index contributed by atoms with van der Waals surface area (Å²) >= 11 is 1.72. The number of hydrogen-bond donors (Lipinski definition) is 1. The zero-order valence-corrected chi connectivity index (χ0v) is 12.6. The van der Waals surface area contributed by atoms with Gasteiger partial charge in [-0.15, -0.1) is 11.3 Å². The number of rotatable bonds is 6. The molecule has 0 saturated heterocycles. The van der Waals surface area contributed by atoms with Crippen LogP contribution in [0.15, 0.2) is 5.38 Å². The lowest BCUT2D eigenvalue weighted by molar-refractivity contribution is 0.272. The summed E-state index contributed by atoms with van der Waals surface area (Å²) in [5.74, 6) is 0.625. The van der Waals surface area contributed by atoms with Crippen LogP contribution < -0.4 is 5.32 Å². The molecule has 0 aliphatic rings. The third-order valence-corrected chi connectivity index (χ3v) is 3.70. The first-order valence-corrected chi connectivity index (χ1v) is 7.11. The van der Waals surface area contributed by atoms with Crippen LogP contribution in [0.2, 0.25) is 0 Å². The van der Waals surface area contributed by atoms with Crippen LogP contribution >= 0.6 is 11.3 Å². The SMILES string of the molecule is Cc1nc(C(C)NC(CN(C)C)C(C)C)cs1. The number of thiazole rings is 1. The Morgan fingerprint density at radius 3 is 2.41 bits per heavy atom. The molecule has 0 aliphatic heterocycles. The van der Waals surface area contributed by atoms with E-state index in [1.54, 1.807) is 11.3 Å². The van der Waals surface area contributed by atoms with Crippen LogP contribution in [-0.2, 0) is 0 Å². The average Bonchev–Trinajstić information content (AvgIpc) is 2.63. The van der Waals surface area contributed by atoms with E-state index in [2.05, 4.69) is 62.4 Å². The Balaban J connectivity index is 2.60. The summed E-state index contributed by atoms with van der Waals surface area (Å²) in [5.41, 5.74) is 1.16. The Kier molecular flexibility index (Phi) is 5.56. The first-order valence-electron chi connectivity index (χ1n) is 6.23. The van der Waals surface area contributed by atoms with Crippen LogP contribution in [0.5, 0.6) is 0 Å². The fourth-order valence-corrected chi connectivity index (χ4v) is 2.54.